The Morgan fingerprint density at radius 3 is 2.83 bits per heavy atom. The molecule has 0 fully saturated rings. The fourth-order valence-electron chi connectivity index (χ4n) is 2.35. The molecule has 0 saturated carbocycles. The van der Waals surface area contributed by atoms with Crippen LogP contribution >= 0.6 is 0 Å². The molecule has 1 aromatic carbocycles. The molecule has 8 heteroatoms. The molecule has 8 nitrogen and oxygen atoms in total. The molecule has 2 heterocycles. The van der Waals surface area contributed by atoms with Crippen molar-refractivity contribution in [3.63, 3.8) is 0 Å². The number of hydrogen-bond acceptors (Lipinski definition) is 6. The molecular weight excluding hydrogens is 316 g/mol. The maximum absolute atomic E-state index is 11.5. The van der Waals surface area contributed by atoms with Gasteiger partial charge in [-0.25, -0.2) is 4.79 Å². The Bertz CT molecular complexity index is 1000. The van der Waals surface area contributed by atoms with Crippen LogP contribution in [0.25, 0.3) is 11.0 Å². The number of carbonyl (C=O) groups excluding carboxylic acids is 1. The lowest BCUT2D eigenvalue weighted by Gasteiger charge is -2.06. The summed E-state index contributed by atoms with van der Waals surface area (Å²) in [6.07, 6.45) is 2.68. The first-order valence-corrected chi connectivity index (χ1v) is 6.93. The van der Waals surface area contributed by atoms with Crippen molar-refractivity contribution < 1.29 is 18.9 Å². The largest absolute Gasteiger partial charge is 0.463 e. The van der Waals surface area contributed by atoms with E-state index in [-0.39, 0.29) is 5.76 Å². The Kier molecular flexibility index (Phi) is 3.87. The standard InChI is InChI=1S/C16H12N2O6/c1-23-16(20)15-7-11-6-10(2-3-14(11)24-15)8-17-5-4-13(19)12(9-17)18(21)22/h2-7,9H,8H2,1H3. The van der Waals surface area contributed by atoms with Gasteiger partial charge in [-0.05, 0) is 23.8 Å². The number of furan rings is 1. The quantitative estimate of drug-likeness (QED) is 0.413. The summed E-state index contributed by atoms with van der Waals surface area (Å²) < 4.78 is 11.5. The van der Waals surface area contributed by atoms with Crippen LogP contribution in [0.1, 0.15) is 16.1 Å². The summed E-state index contributed by atoms with van der Waals surface area (Å²) >= 11 is 0. The number of esters is 1. The van der Waals surface area contributed by atoms with Gasteiger partial charge in [0.05, 0.1) is 18.2 Å². The van der Waals surface area contributed by atoms with Crippen LogP contribution in [0.4, 0.5) is 5.69 Å². The van der Waals surface area contributed by atoms with Gasteiger partial charge in [0.25, 0.3) is 5.43 Å². The molecule has 24 heavy (non-hydrogen) atoms. The average molecular weight is 328 g/mol. The van der Waals surface area contributed by atoms with Crippen LogP contribution in [-0.4, -0.2) is 22.6 Å². The minimum Gasteiger partial charge on any atom is -0.463 e. The van der Waals surface area contributed by atoms with Gasteiger partial charge < -0.3 is 13.7 Å². The highest BCUT2D eigenvalue weighted by Gasteiger charge is 2.14. The van der Waals surface area contributed by atoms with Gasteiger partial charge in [-0.3, -0.25) is 14.9 Å². The first kappa shape index (κ1) is 15.5. The van der Waals surface area contributed by atoms with E-state index in [0.717, 1.165) is 11.6 Å². The molecule has 0 amide bonds. The summed E-state index contributed by atoms with van der Waals surface area (Å²) in [6.45, 7) is 0.329. The number of ether oxygens (including phenoxy) is 1. The van der Waals surface area contributed by atoms with E-state index in [1.165, 1.54) is 19.5 Å². The van der Waals surface area contributed by atoms with Crippen molar-refractivity contribution in [2.45, 2.75) is 6.54 Å². The summed E-state index contributed by atoms with van der Waals surface area (Å²) in [7, 11) is 1.27. The molecule has 0 aliphatic carbocycles. The Morgan fingerprint density at radius 1 is 1.33 bits per heavy atom. The van der Waals surface area contributed by atoms with E-state index in [0.29, 0.717) is 17.5 Å². The SMILES string of the molecule is COC(=O)c1cc2cc(Cn3ccc(=O)c([N+](=O)[O-])c3)ccc2o1. The van der Waals surface area contributed by atoms with Gasteiger partial charge in [0, 0.05) is 24.2 Å². The molecule has 0 aliphatic rings. The third-order valence-corrected chi connectivity index (χ3v) is 3.49. The minimum absolute atomic E-state index is 0.101. The normalized spacial score (nSPS) is 10.7. The molecule has 3 aromatic rings. The third-order valence-electron chi connectivity index (χ3n) is 3.49. The number of rotatable bonds is 4. The van der Waals surface area contributed by atoms with Crippen LogP contribution in [0.5, 0.6) is 0 Å². The molecule has 0 bridgehead atoms. The van der Waals surface area contributed by atoms with Crippen LogP contribution in [-0.2, 0) is 11.3 Å². The Balaban J connectivity index is 1.93. The van der Waals surface area contributed by atoms with Crippen molar-refractivity contribution in [2.75, 3.05) is 7.11 Å². The van der Waals surface area contributed by atoms with Crippen LogP contribution in [0, 0.1) is 10.1 Å². The van der Waals surface area contributed by atoms with E-state index in [4.69, 9.17) is 4.42 Å². The minimum atomic E-state index is -0.708. The second-order valence-electron chi connectivity index (χ2n) is 5.10. The van der Waals surface area contributed by atoms with Crippen molar-refractivity contribution in [1.29, 1.82) is 0 Å². The van der Waals surface area contributed by atoms with Crippen LogP contribution in [0.15, 0.2) is 51.9 Å². The van der Waals surface area contributed by atoms with Crippen molar-refractivity contribution in [1.82, 2.24) is 4.57 Å². The predicted molar refractivity (Wildman–Crippen MR) is 84.0 cm³/mol. The summed E-state index contributed by atoms with van der Waals surface area (Å²) in [5.74, 6) is -0.465. The number of pyridine rings is 1. The van der Waals surface area contributed by atoms with E-state index >= 15 is 0 Å². The van der Waals surface area contributed by atoms with Gasteiger partial charge in [-0.15, -0.1) is 0 Å². The van der Waals surface area contributed by atoms with Crippen LogP contribution in [0.3, 0.4) is 0 Å². The second kappa shape index (κ2) is 5.99. The maximum Gasteiger partial charge on any atom is 0.373 e. The highest BCUT2D eigenvalue weighted by Crippen LogP contribution is 2.22. The molecule has 0 aliphatic heterocycles. The highest BCUT2D eigenvalue weighted by molar-refractivity contribution is 5.92. The van der Waals surface area contributed by atoms with Crippen LogP contribution < -0.4 is 5.43 Å². The van der Waals surface area contributed by atoms with Crippen molar-refractivity contribution in [3.8, 4) is 0 Å². The van der Waals surface area contributed by atoms with Crippen molar-refractivity contribution in [2.24, 2.45) is 0 Å². The van der Waals surface area contributed by atoms with Gasteiger partial charge in [0.15, 0.2) is 0 Å². The Morgan fingerprint density at radius 2 is 2.12 bits per heavy atom. The molecule has 0 spiro atoms. The van der Waals surface area contributed by atoms with E-state index in [1.807, 2.05) is 0 Å². The lowest BCUT2D eigenvalue weighted by molar-refractivity contribution is -0.386. The highest BCUT2D eigenvalue weighted by atomic mass is 16.6. The first-order valence-electron chi connectivity index (χ1n) is 6.93. The monoisotopic (exact) mass is 328 g/mol. The lowest BCUT2D eigenvalue weighted by Crippen LogP contribution is -2.11. The predicted octanol–water partition coefficient (Wildman–Crippen LogP) is 2.34. The van der Waals surface area contributed by atoms with Crippen molar-refractivity contribution >= 4 is 22.6 Å². The van der Waals surface area contributed by atoms with Gasteiger partial charge in [-0.1, -0.05) is 6.07 Å². The molecule has 0 saturated heterocycles. The first-order chi connectivity index (χ1) is 11.5. The summed E-state index contributed by atoms with van der Waals surface area (Å²) in [5, 5.41) is 11.5. The fourth-order valence-corrected chi connectivity index (χ4v) is 2.35. The number of methoxy groups -OCH3 is 1. The zero-order valence-corrected chi connectivity index (χ0v) is 12.6. The maximum atomic E-state index is 11.5. The molecular formula is C16H12N2O6. The molecule has 3 rings (SSSR count). The second-order valence-corrected chi connectivity index (χ2v) is 5.10. The lowest BCUT2D eigenvalue weighted by atomic mass is 10.1. The van der Waals surface area contributed by atoms with Crippen LogP contribution in [0.2, 0.25) is 0 Å². The van der Waals surface area contributed by atoms with E-state index in [9.17, 15) is 19.7 Å². The van der Waals surface area contributed by atoms with Gasteiger partial charge >= 0.3 is 11.7 Å². The number of carbonyl (C=O) groups is 1. The molecule has 2 aromatic heterocycles. The number of nitrogens with zero attached hydrogens (tertiary/aromatic N) is 2. The third kappa shape index (κ3) is 2.89. The summed E-state index contributed by atoms with van der Waals surface area (Å²) in [5.41, 5.74) is 0.252. The smallest absolute Gasteiger partial charge is 0.373 e. The molecule has 0 atom stereocenters. The topological polar surface area (TPSA) is 105 Å². The molecule has 0 N–H and O–H groups in total. The number of fused-ring (bicyclic) bond motifs is 1. The zero-order valence-electron chi connectivity index (χ0n) is 12.6. The number of aromatic nitrogens is 1. The molecule has 0 unspecified atom stereocenters. The Hall–Kier alpha value is -3.42. The van der Waals surface area contributed by atoms with E-state index in [1.54, 1.807) is 28.8 Å². The van der Waals surface area contributed by atoms with Crippen molar-refractivity contribution in [3.05, 3.63) is 74.4 Å². The number of hydrogen-bond donors (Lipinski definition) is 0. The summed E-state index contributed by atoms with van der Waals surface area (Å²) in [6, 6.07) is 8.00. The summed E-state index contributed by atoms with van der Waals surface area (Å²) in [4.78, 5) is 33.0. The number of nitro groups is 1. The average Bonchev–Trinajstić information content (AvgIpc) is 2.99. The molecule has 122 valence electrons. The van der Waals surface area contributed by atoms with Gasteiger partial charge in [0.1, 0.15) is 5.58 Å². The Labute approximate surface area is 135 Å². The van der Waals surface area contributed by atoms with Gasteiger partial charge in [0.2, 0.25) is 5.76 Å². The molecule has 0 radical (unpaired) electrons. The van der Waals surface area contributed by atoms with Gasteiger partial charge in [-0.2, -0.15) is 0 Å². The van der Waals surface area contributed by atoms with E-state index in [2.05, 4.69) is 4.74 Å². The number of benzene rings is 1. The zero-order chi connectivity index (χ0) is 17.3. The van der Waals surface area contributed by atoms with E-state index < -0.39 is 22.0 Å². The fraction of sp³-hybridized carbons (Fsp3) is 0.125.